The summed E-state index contributed by atoms with van der Waals surface area (Å²) in [4.78, 5) is 2.45. The van der Waals surface area contributed by atoms with Crippen molar-refractivity contribution in [3.8, 4) is 50.2 Å². The second-order valence-electron chi connectivity index (χ2n) is 15.3. The number of hydrogen-bond acceptors (Lipinski definition) is 1. The lowest BCUT2D eigenvalue weighted by Gasteiger charge is -2.30. The van der Waals surface area contributed by atoms with Gasteiger partial charge in [0.15, 0.2) is 0 Å². The molecule has 0 N–H and O–H groups in total. The van der Waals surface area contributed by atoms with Crippen molar-refractivity contribution < 1.29 is 0 Å². The number of hydrogen-bond donors (Lipinski definition) is 0. The lowest BCUT2D eigenvalue weighted by Crippen LogP contribution is -2.12. The van der Waals surface area contributed by atoms with Gasteiger partial charge in [-0.2, -0.15) is 0 Å². The SMILES string of the molecule is c1ccc(-c2ccc(N(c3ccccc3-c3cccc(-n4c5ccccc5c5ccccc54)c3)c3ccc(-c4cccc5ccccc45)cc3-c3ccccc3)cc2)cc1. The Hall–Kier alpha value is -7.94. The van der Waals surface area contributed by atoms with E-state index in [0.29, 0.717) is 0 Å². The van der Waals surface area contributed by atoms with Crippen LogP contribution < -0.4 is 4.90 Å². The van der Waals surface area contributed by atoms with Gasteiger partial charge in [-0.25, -0.2) is 0 Å². The van der Waals surface area contributed by atoms with Crippen molar-refractivity contribution in [3.63, 3.8) is 0 Å². The van der Waals surface area contributed by atoms with E-state index in [-0.39, 0.29) is 0 Å². The third-order valence-electron chi connectivity index (χ3n) is 11.8. The number of aromatic nitrogens is 1. The van der Waals surface area contributed by atoms with Crippen molar-refractivity contribution in [1.29, 1.82) is 0 Å². The lowest BCUT2D eigenvalue weighted by atomic mass is 9.93. The highest BCUT2D eigenvalue weighted by atomic mass is 15.1. The van der Waals surface area contributed by atoms with Crippen LogP contribution in [0.4, 0.5) is 17.1 Å². The van der Waals surface area contributed by atoms with Gasteiger partial charge in [0.2, 0.25) is 0 Å². The molecule has 0 unspecified atom stereocenters. The van der Waals surface area contributed by atoms with Crippen LogP contribution >= 0.6 is 0 Å². The quantitative estimate of drug-likeness (QED) is 0.150. The molecule has 0 bridgehead atoms. The van der Waals surface area contributed by atoms with Crippen LogP contribution in [0.2, 0.25) is 0 Å². The van der Waals surface area contributed by atoms with Gasteiger partial charge < -0.3 is 9.47 Å². The molecule has 1 heterocycles. The highest BCUT2D eigenvalue weighted by Gasteiger charge is 2.22. The van der Waals surface area contributed by atoms with Crippen molar-refractivity contribution in [2.45, 2.75) is 0 Å². The van der Waals surface area contributed by atoms with Gasteiger partial charge in [0.1, 0.15) is 0 Å². The molecule has 2 nitrogen and oxygen atoms in total. The first-order chi connectivity index (χ1) is 29.8. The zero-order valence-electron chi connectivity index (χ0n) is 33.0. The third-order valence-corrected chi connectivity index (χ3v) is 11.8. The number of benzene rings is 10. The van der Waals surface area contributed by atoms with Gasteiger partial charge in [-0.05, 0) is 98.8 Å². The second-order valence-corrected chi connectivity index (χ2v) is 15.3. The summed E-state index contributed by atoms with van der Waals surface area (Å²) < 4.78 is 2.40. The summed E-state index contributed by atoms with van der Waals surface area (Å²) >= 11 is 0. The average Bonchev–Trinajstić information content (AvgIpc) is 3.67. The zero-order chi connectivity index (χ0) is 39.8. The highest BCUT2D eigenvalue weighted by molar-refractivity contribution is 6.09. The summed E-state index contributed by atoms with van der Waals surface area (Å²) in [5.41, 5.74) is 16.2. The van der Waals surface area contributed by atoms with E-state index in [1.807, 2.05) is 0 Å². The molecule has 0 saturated heterocycles. The minimum Gasteiger partial charge on any atom is -0.309 e. The third kappa shape index (κ3) is 6.23. The number of rotatable bonds is 8. The van der Waals surface area contributed by atoms with E-state index in [1.165, 1.54) is 54.8 Å². The molecule has 60 heavy (non-hydrogen) atoms. The standard InChI is InChI=1S/C58H40N2/c1-3-17-41(18-4-1)42-33-36-47(37-34-42)59(58-38-35-46(40-54(58)44-19-5-2-6-20-44)50-29-16-22-43-21-7-8-25-49(43)50)55-30-12-9-26-51(55)45-23-15-24-48(39-45)60-56-31-13-10-27-52(56)53-28-11-14-32-57(53)60/h1-40H. The van der Waals surface area contributed by atoms with Gasteiger partial charge in [0.05, 0.1) is 22.4 Å². The Bertz CT molecular complexity index is 3250. The molecular weight excluding hydrogens is 725 g/mol. The smallest absolute Gasteiger partial charge is 0.0541 e. The monoisotopic (exact) mass is 764 g/mol. The summed E-state index contributed by atoms with van der Waals surface area (Å²) in [6.07, 6.45) is 0. The number of nitrogens with zero attached hydrogens (tertiary/aromatic N) is 2. The van der Waals surface area contributed by atoms with Gasteiger partial charge in [-0.3, -0.25) is 0 Å². The topological polar surface area (TPSA) is 8.17 Å². The van der Waals surface area contributed by atoms with Crippen LogP contribution in [0.15, 0.2) is 243 Å². The molecule has 11 rings (SSSR count). The Kier molecular flexibility index (Phi) is 8.87. The van der Waals surface area contributed by atoms with Crippen LogP contribution in [-0.4, -0.2) is 4.57 Å². The van der Waals surface area contributed by atoms with Gasteiger partial charge in [-0.15, -0.1) is 0 Å². The predicted molar refractivity (Wildman–Crippen MR) is 255 cm³/mol. The van der Waals surface area contributed by atoms with Crippen molar-refractivity contribution in [2.75, 3.05) is 4.90 Å². The fourth-order valence-corrected chi connectivity index (χ4v) is 8.99. The van der Waals surface area contributed by atoms with Crippen LogP contribution in [-0.2, 0) is 0 Å². The molecule has 0 aliphatic heterocycles. The first-order valence-corrected chi connectivity index (χ1v) is 20.6. The first-order valence-electron chi connectivity index (χ1n) is 20.6. The Balaban J connectivity index is 1.13. The fourth-order valence-electron chi connectivity index (χ4n) is 8.99. The van der Waals surface area contributed by atoms with Gasteiger partial charge >= 0.3 is 0 Å². The van der Waals surface area contributed by atoms with E-state index in [1.54, 1.807) is 0 Å². The maximum absolute atomic E-state index is 2.45. The summed E-state index contributed by atoms with van der Waals surface area (Å²) in [6, 6.07) is 88.0. The van der Waals surface area contributed by atoms with E-state index in [9.17, 15) is 0 Å². The molecule has 0 radical (unpaired) electrons. The zero-order valence-corrected chi connectivity index (χ0v) is 33.0. The summed E-state index contributed by atoms with van der Waals surface area (Å²) in [5, 5.41) is 4.99. The summed E-state index contributed by atoms with van der Waals surface area (Å²) in [6.45, 7) is 0. The molecule has 1 aromatic heterocycles. The van der Waals surface area contributed by atoms with Crippen molar-refractivity contribution >= 4 is 49.6 Å². The summed E-state index contributed by atoms with van der Waals surface area (Å²) in [7, 11) is 0. The minimum atomic E-state index is 1.08. The Morgan fingerprint density at radius 2 is 0.783 bits per heavy atom. The predicted octanol–water partition coefficient (Wildman–Crippen LogP) is 16.1. The Morgan fingerprint density at radius 1 is 0.283 bits per heavy atom. The molecule has 0 aliphatic rings. The molecule has 0 atom stereocenters. The normalized spacial score (nSPS) is 11.3. The van der Waals surface area contributed by atoms with E-state index < -0.39 is 0 Å². The maximum atomic E-state index is 2.45. The molecule has 10 aromatic carbocycles. The van der Waals surface area contributed by atoms with Gasteiger partial charge in [-0.1, -0.05) is 188 Å². The second kappa shape index (κ2) is 15.1. The fraction of sp³-hybridized carbons (Fsp3) is 0. The molecule has 0 spiro atoms. The van der Waals surface area contributed by atoms with E-state index in [2.05, 4.69) is 252 Å². The van der Waals surface area contributed by atoms with Crippen molar-refractivity contribution in [1.82, 2.24) is 4.57 Å². The number of para-hydroxylation sites is 3. The molecule has 2 heteroatoms. The highest BCUT2D eigenvalue weighted by Crippen LogP contribution is 2.47. The average molecular weight is 765 g/mol. The minimum absolute atomic E-state index is 1.08. The molecule has 0 amide bonds. The van der Waals surface area contributed by atoms with Crippen molar-refractivity contribution in [2.24, 2.45) is 0 Å². The Labute approximate surface area is 350 Å². The van der Waals surface area contributed by atoms with E-state index >= 15 is 0 Å². The summed E-state index contributed by atoms with van der Waals surface area (Å²) in [5.74, 6) is 0. The first kappa shape index (κ1) is 35.2. The maximum Gasteiger partial charge on any atom is 0.0541 e. The van der Waals surface area contributed by atoms with E-state index in [4.69, 9.17) is 0 Å². The van der Waals surface area contributed by atoms with Crippen LogP contribution in [0, 0.1) is 0 Å². The van der Waals surface area contributed by atoms with Crippen molar-refractivity contribution in [3.05, 3.63) is 243 Å². The lowest BCUT2D eigenvalue weighted by molar-refractivity contribution is 1.18. The Morgan fingerprint density at radius 3 is 1.53 bits per heavy atom. The largest absolute Gasteiger partial charge is 0.309 e. The van der Waals surface area contributed by atoms with E-state index in [0.717, 1.165) is 45.0 Å². The molecule has 11 aromatic rings. The van der Waals surface area contributed by atoms with Gasteiger partial charge in [0, 0.05) is 33.3 Å². The van der Waals surface area contributed by atoms with Crippen LogP contribution in [0.3, 0.4) is 0 Å². The number of anilines is 3. The van der Waals surface area contributed by atoms with Gasteiger partial charge in [0.25, 0.3) is 0 Å². The van der Waals surface area contributed by atoms with Crippen LogP contribution in [0.5, 0.6) is 0 Å². The van der Waals surface area contributed by atoms with Crippen LogP contribution in [0.1, 0.15) is 0 Å². The molecule has 0 fully saturated rings. The van der Waals surface area contributed by atoms with Crippen LogP contribution in [0.25, 0.3) is 82.8 Å². The number of fused-ring (bicyclic) bond motifs is 4. The molecular formula is C58H40N2. The molecule has 0 saturated carbocycles. The molecule has 282 valence electrons. The molecule has 0 aliphatic carbocycles.